The van der Waals surface area contributed by atoms with Crippen LogP contribution in [0.3, 0.4) is 0 Å². The van der Waals surface area contributed by atoms with E-state index in [4.69, 9.17) is 9.47 Å². The largest absolute Gasteiger partial charge is 0.468 e. The molecule has 0 aliphatic heterocycles. The van der Waals surface area contributed by atoms with Crippen molar-refractivity contribution >= 4 is 5.97 Å². The van der Waals surface area contributed by atoms with E-state index in [1.807, 2.05) is 6.92 Å². The van der Waals surface area contributed by atoms with Gasteiger partial charge in [-0.05, 0) is 59.2 Å². The Bertz CT molecular complexity index is 274. The number of ether oxygens (including phenoxy) is 2. The zero-order chi connectivity index (χ0) is 16.1. The summed E-state index contributed by atoms with van der Waals surface area (Å²) in [7, 11) is 5.32. The number of carbonyl (C=O) groups is 1. The molecular formula is C16H34N2O3. The van der Waals surface area contributed by atoms with Crippen LogP contribution in [0, 0.1) is 0 Å². The Balaban J connectivity index is 4.00. The highest BCUT2D eigenvalue weighted by atomic mass is 16.5. The van der Waals surface area contributed by atoms with Crippen LogP contribution in [-0.2, 0) is 14.3 Å². The van der Waals surface area contributed by atoms with E-state index in [1.165, 1.54) is 7.11 Å². The van der Waals surface area contributed by atoms with Crippen LogP contribution in [-0.4, -0.2) is 63.9 Å². The minimum atomic E-state index is -0.556. The van der Waals surface area contributed by atoms with Crippen LogP contribution >= 0.6 is 0 Å². The fourth-order valence-corrected chi connectivity index (χ4v) is 2.34. The lowest BCUT2D eigenvalue weighted by molar-refractivity contribution is -0.148. The summed E-state index contributed by atoms with van der Waals surface area (Å²) in [6, 6.07) is 0. The molecule has 126 valence electrons. The zero-order valence-electron chi connectivity index (χ0n) is 14.5. The molecule has 1 unspecified atom stereocenters. The first-order valence-corrected chi connectivity index (χ1v) is 8.01. The van der Waals surface area contributed by atoms with E-state index in [0.29, 0.717) is 0 Å². The first-order valence-electron chi connectivity index (χ1n) is 8.01. The van der Waals surface area contributed by atoms with E-state index in [9.17, 15) is 4.79 Å². The van der Waals surface area contributed by atoms with Crippen LogP contribution in [0.5, 0.6) is 0 Å². The maximum atomic E-state index is 11.9. The second kappa shape index (κ2) is 12.0. The van der Waals surface area contributed by atoms with Gasteiger partial charge in [0.2, 0.25) is 0 Å². The number of esters is 1. The van der Waals surface area contributed by atoms with Crippen molar-refractivity contribution < 1.29 is 14.3 Å². The van der Waals surface area contributed by atoms with Gasteiger partial charge in [-0.25, -0.2) is 0 Å². The lowest BCUT2D eigenvalue weighted by Gasteiger charge is -2.28. The molecular weight excluding hydrogens is 268 g/mol. The van der Waals surface area contributed by atoms with Crippen LogP contribution in [0.1, 0.15) is 46.0 Å². The van der Waals surface area contributed by atoms with Gasteiger partial charge in [0.05, 0.1) is 7.11 Å². The van der Waals surface area contributed by atoms with E-state index in [1.54, 1.807) is 7.11 Å². The molecule has 5 heteroatoms. The quantitative estimate of drug-likeness (QED) is 0.417. The number of nitrogens with one attached hydrogen (secondary N) is 1. The first kappa shape index (κ1) is 20.3. The van der Waals surface area contributed by atoms with Crippen molar-refractivity contribution in [2.75, 3.05) is 47.5 Å². The fourth-order valence-electron chi connectivity index (χ4n) is 2.34. The van der Waals surface area contributed by atoms with E-state index < -0.39 is 5.54 Å². The van der Waals surface area contributed by atoms with E-state index in [-0.39, 0.29) is 5.97 Å². The van der Waals surface area contributed by atoms with E-state index in [0.717, 1.165) is 58.3 Å². The predicted octanol–water partition coefficient (Wildman–Crippen LogP) is 2.06. The molecule has 0 amide bonds. The Labute approximate surface area is 130 Å². The maximum Gasteiger partial charge on any atom is 0.325 e. The van der Waals surface area contributed by atoms with E-state index in [2.05, 4.69) is 24.2 Å². The fraction of sp³-hybridized carbons (Fsp3) is 0.938. The molecule has 1 N–H and O–H groups in total. The SMILES string of the molecule is CCCNC(C)(CCCCN(C)CCCOC)C(=O)OC. The van der Waals surface area contributed by atoms with Crippen molar-refractivity contribution in [3.05, 3.63) is 0 Å². The van der Waals surface area contributed by atoms with Gasteiger partial charge in [-0.2, -0.15) is 0 Å². The van der Waals surface area contributed by atoms with Crippen LogP contribution in [0.15, 0.2) is 0 Å². The van der Waals surface area contributed by atoms with Gasteiger partial charge in [-0.15, -0.1) is 0 Å². The molecule has 0 aromatic rings. The molecule has 0 saturated heterocycles. The van der Waals surface area contributed by atoms with Gasteiger partial charge in [0.15, 0.2) is 0 Å². The van der Waals surface area contributed by atoms with Gasteiger partial charge >= 0.3 is 5.97 Å². The number of nitrogens with zero attached hydrogens (tertiary/aromatic N) is 1. The van der Waals surface area contributed by atoms with Crippen LogP contribution in [0.2, 0.25) is 0 Å². The molecule has 0 fully saturated rings. The molecule has 0 saturated carbocycles. The number of rotatable bonds is 13. The number of unbranched alkanes of at least 4 members (excludes halogenated alkanes) is 1. The highest BCUT2D eigenvalue weighted by Crippen LogP contribution is 2.16. The number of methoxy groups -OCH3 is 2. The van der Waals surface area contributed by atoms with Crippen LogP contribution in [0.4, 0.5) is 0 Å². The minimum absolute atomic E-state index is 0.163. The monoisotopic (exact) mass is 302 g/mol. The standard InChI is InChI=1S/C16H34N2O3/c1-6-11-17-16(2,15(19)21-5)10-7-8-12-18(3)13-9-14-20-4/h17H,6-14H2,1-5H3. The molecule has 0 aromatic heterocycles. The minimum Gasteiger partial charge on any atom is -0.468 e. The van der Waals surface area contributed by atoms with Gasteiger partial charge in [0, 0.05) is 20.3 Å². The number of hydrogen-bond donors (Lipinski definition) is 1. The first-order chi connectivity index (χ1) is 10.00. The average Bonchev–Trinajstić information content (AvgIpc) is 2.49. The predicted molar refractivity (Wildman–Crippen MR) is 86.6 cm³/mol. The Kier molecular flexibility index (Phi) is 11.6. The number of hydrogen-bond acceptors (Lipinski definition) is 5. The normalized spacial score (nSPS) is 14.2. The second-order valence-corrected chi connectivity index (χ2v) is 5.86. The lowest BCUT2D eigenvalue weighted by Crippen LogP contribution is -2.50. The third-order valence-electron chi connectivity index (χ3n) is 3.76. The highest BCUT2D eigenvalue weighted by molar-refractivity contribution is 5.80. The topological polar surface area (TPSA) is 50.8 Å². The Hall–Kier alpha value is -0.650. The molecule has 0 heterocycles. The summed E-state index contributed by atoms with van der Waals surface area (Å²) in [6.45, 7) is 7.79. The van der Waals surface area contributed by atoms with E-state index >= 15 is 0 Å². The van der Waals surface area contributed by atoms with Gasteiger partial charge in [-0.3, -0.25) is 4.79 Å². The summed E-state index contributed by atoms with van der Waals surface area (Å²) in [6.07, 6.45) is 4.98. The second-order valence-electron chi connectivity index (χ2n) is 5.86. The molecule has 0 rings (SSSR count). The summed E-state index contributed by atoms with van der Waals surface area (Å²) in [5.41, 5.74) is -0.556. The van der Waals surface area contributed by atoms with Gasteiger partial charge in [-0.1, -0.05) is 6.92 Å². The molecule has 0 aromatic carbocycles. The molecule has 1 atom stereocenters. The Morgan fingerprint density at radius 2 is 1.86 bits per heavy atom. The number of carbonyl (C=O) groups excluding carboxylic acids is 1. The Morgan fingerprint density at radius 3 is 2.43 bits per heavy atom. The van der Waals surface area contributed by atoms with Crippen molar-refractivity contribution in [3.63, 3.8) is 0 Å². The van der Waals surface area contributed by atoms with Crippen molar-refractivity contribution in [2.45, 2.75) is 51.5 Å². The Morgan fingerprint density at radius 1 is 1.19 bits per heavy atom. The van der Waals surface area contributed by atoms with Crippen molar-refractivity contribution in [2.24, 2.45) is 0 Å². The van der Waals surface area contributed by atoms with Gasteiger partial charge in [0.25, 0.3) is 0 Å². The maximum absolute atomic E-state index is 11.9. The third kappa shape index (κ3) is 9.06. The molecule has 0 aliphatic rings. The third-order valence-corrected chi connectivity index (χ3v) is 3.76. The van der Waals surface area contributed by atoms with Crippen molar-refractivity contribution in [1.82, 2.24) is 10.2 Å². The van der Waals surface area contributed by atoms with Crippen LogP contribution in [0.25, 0.3) is 0 Å². The molecule has 0 aliphatic carbocycles. The van der Waals surface area contributed by atoms with Crippen molar-refractivity contribution in [1.29, 1.82) is 0 Å². The lowest BCUT2D eigenvalue weighted by atomic mass is 9.94. The van der Waals surface area contributed by atoms with Gasteiger partial charge in [0.1, 0.15) is 5.54 Å². The smallest absolute Gasteiger partial charge is 0.325 e. The summed E-state index contributed by atoms with van der Waals surface area (Å²) in [5.74, 6) is -0.163. The average molecular weight is 302 g/mol. The summed E-state index contributed by atoms with van der Waals surface area (Å²) in [4.78, 5) is 14.2. The van der Waals surface area contributed by atoms with Crippen molar-refractivity contribution in [3.8, 4) is 0 Å². The highest BCUT2D eigenvalue weighted by Gasteiger charge is 2.32. The summed E-state index contributed by atoms with van der Waals surface area (Å²) >= 11 is 0. The molecule has 0 bridgehead atoms. The molecule has 0 spiro atoms. The zero-order valence-corrected chi connectivity index (χ0v) is 14.5. The molecule has 0 radical (unpaired) electrons. The van der Waals surface area contributed by atoms with Crippen LogP contribution < -0.4 is 5.32 Å². The summed E-state index contributed by atoms with van der Waals surface area (Å²) in [5, 5.41) is 3.32. The van der Waals surface area contributed by atoms with Gasteiger partial charge < -0.3 is 19.7 Å². The molecule has 21 heavy (non-hydrogen) atoms. The molecule has 5 nitrogen and oxygen atoms in total. The summed E-state index contributed by atoms with van der Waals surface area (Å²) < 4.78 is 9.98.